The van der Waals surface area contributed by atoms with Crippen LogP contribution in [0.25, 0.3) is 10.9 Å². The summed E-state index contributed by atoms with van der Waals surface area (Å²) in [4.78, 5) is 13.9. The maximum Gasteiger partial charge on any atom is 0.337 e. The number of aryl methyl sites for hydroxylation is 2. The Morgan fingerprint density at radius 3 is 2.71 bits per heavy atom. The Morgan fingerprint density at radius 2 is 2.07 bits per heavy atom. The average molecular weight is 189 g/mol. The number of carboxylic acids is 1. The van der Waals surface area contributed by atoms with Crippen molar-refractivity contribution in [1.29, 1.82) is 0 Å². The third kappa shape index (κ3) is 1.09. The molecule has 0 aliphatic rings. The summed E-state index contributed by atoms with van der Waals surface area (Å²) in [5.74, 6) is -0.884. The summed E-state index contributed by atoms with van der Waals surface area (Å²) in [6, 6.07) is 3.89. The molecule has 0 radical (unpaired) electrons. The van der Waals surface area contributed by atoms with Crippen LogP contribution in [0.1, 0.15) is 21.5 Å². The molecule has 72 valence electrons. The molecule has 14 heavy (non-hydrogen) atoms. The van der Waals surface area contributed by atoms with E-state index >= 15 is 0 Å². The predicted molar refractivity (Wildman–Crippen MR) is 54.7 cm³/mol. The van der Waals surface area contributed by atoms with Gasteiger partial charge in [0.05, 0.1) is 5.56 Å². The molecule has 2 rings (SSSR count). The monoisotopic (exact) mass is 189 g/mol. The molecular weight excluding hydrogens is 178 g/mol. The maximum atomic E-state index is 10.9. The number of hydrogen-bond acceptors (Lipinski definition) is 1. The minimum atomic E-state index is -0.884. The normalized spacial score (nSPS) is 10.7. The van der Waals surface area contributed by atoms with Crippen molar-refractivity contribution in [2.24, 2.45) is 0 Å². The van der Waals surface area contributed by atoms with E-state index in [2.05, 4.69) is 4.98 Å². The zero-order valence-corrected chi connectivity index (χ0v) is 8.09. The minimum Gasteiger partial charge on any atom is -0.478 e. The van der Waals surface area contributed by atoms with E-state index in [9.17, 15) is 4.79 Å². The fraction of sp³-hybridized carbons (Fsp3) is 0.182. The molecule has 3 heteroatoms. The van der Waals surface area contributed by atoms with Crippen LogP contribution in [0.4, 0.5) is 0 Å². The first-order valence-electron chi connectivity index (χ1n) is 4.42. The number of hydrogen-bond donors (Lipinski definition) is 2. The number of carbonyl (C=O) groups is 1. The lowest BCUT2D eigenvalue weighted by atomic mass is 10.0. The Bertz CT molecular complexity index is 511. The van der Waals surface area contributed by atoms with Crippen molar-refractivity contribution >= 4 is 16.9 Å². The number of aromatic amines is 1. The fourth-order valence-corrected chi connectivity index (χ4v) is 1.67. The van der Waals surface area contributed by atoms with Gasteiger partial charge in [-0.1, -0.05) is 6.07 Å². The van der Waals surface area contributed by atoms with Crippen LogP contribution in [0.3, 0.4) is 0 Å². The van der Waals surface area contributed by atoms with E-state index in [0.717, 1.165) is 22.0 Å². The van der Waals surface area contributed by atoms with Crippen molar-refractivity contribution < 1.29 is 9.90 Å². The second-order valence-corrected chi connectivity index (χ2v) is 3.44. The van der Waals surface area contributed by atoms with Gasteiger partial charge in [-0.05, 0) is 31.0 Å². The highest BCUT2D eigenvalue weighted by atomic mass is 16.4. The molecule has 0 saturated heterocycles. The lowest BCUT2D eigenvalue weighted by Crippen LogP contribution is -1.95. The van der Waals surface area contributed by atoms with Crippen LogP contribution >= 0.6 is 0 Å². The van der Waals surface area contributed by atoms with Gasteiger partial charge in [-0.15, -0.1) is 0 Å². The van der Waals surface area contributed by atoms with Gasteiger partial charge >= 0.3 is 5.97 Å². The van der Waals surface area contributed by atoms with Gasteiger partial charge in [0.15, 0.2) is 0 Å². The molecule has 0 spiro atoms. The standard InChI is InChI=1S/C11H11NO2/c1-6-3-4-9-10(7(6)2)8(5-12-9)11(13)14/h3-5,12H,1-2H3,(H,13,14). The van der Waals surface area contributed by atoms with Crippen molar-refractivity contribution in [2.45, 2.75) is 13.8 Å². The second-order valence-electron chi connectivity index (χ2n) is 3.44. The lowest BCUT2D eigenvalue weighted by molar-refractivity contribution is 0.0699. The SMILES string of the molecule is Cc1ccc2[nH]cc(C(=O)O)c2c1C. The number of nitrogens with one attached hydrogen (secondary N) is 1. The molecule has 0 saturated carbocycles. The number of aromatic nitrogens is 1. The Labute approximate surface area is 81.4 Å². The van der Waals surface area contributed by atoms with Gasteiger partial charge in [-0.2, -0.15) is 0 Å². The number of rotatable bonds is 1. The van der Waals surface area contributed by atoms with Crippen LogP contribution in [0.5, 0.6) is 0 Å². The Balaban J connectivity index is 2.89. The van der Waals surface area contributed by atoms with Crippen LogP contribution in [0, 0.1) is 13.8 Å². The highest BCUT2D eigenvalue weighted by Gasteiger charge is 2.12. The van der Waals surface area contributed by atoms with Crippen molar-refractivity contribution in [2.75, 3.05) is 0 Å². The number of carboxylic acid groups (broad SMARTS) is 1. The molecule has 0 atom stereocenters. The van der Waals surface area contributed by atoms with Gasteiger partial charge in [0.25, 0.3) is 0 Å². The molecule has 2 N–H and O–H groups in total. The summed E-state index contributed by atoms with van der Waals surface area (Å²) in [6.07, 6.45) is 1.54. The van der Waals surface area contributed by atoms with Gasteiger partial charge in [0.2, 0.25) is 0 Å². The first-order valence-corrected chi connectivity index (χ1v) is 4.42. The Morgan fingerprint density at radius 1 is 1.36 bits per heavy atom. The Hall–Kier alpha value is -1.77. The summed E-state index contributed by atoms with van der Waals surface area (Å²) in [6.45, 7) is 3.92. The lowest BCUT2D eigenvalue weighted by Gasteiger charge is -2.02. The zero-order valence-electron chi connectivity index (χ0n) is 8.09. The van der Waals surface area contributed by atoms with Gasteiger partial charge in [0.1, 0.15) is 0 Å². The molecule has 0 unspecified atom stereocenters. The summed E-state index contributed by atoms with van der Waals surface area (Å²) in [5, 5.41) is 9.78. The second kappa shape index (κ2) is 2.87. The molecule has 1 heterocycles. The van der Waals surface area contributed by atoms with Crippen LogP contribution < -0.4 is 0 Å². The largest absolute Gasteiger partial charge is 0.478 e. The quantitative estimate of drug-likeness (QED) is 0.724. The predicted octanol–water partition coefficient (Wildman–Crippen LogP) is 2.48. The Kier molecular flexibility index (Phi) is 1.81. The summed E-state index contributed by atoms with van der Waals surface area (Å²) in [5.41, 5.74) is 3.37. The smallest absolute Gasteiger partial charge is 0.337 e. The van der Waals surface area contributed by atoms with E-state index in [0.29, 0.717) is 5.56 Å². The third-order valence-corrected chi connectivity index (χ3v) is 2.61. The molecule has 3 nitrogen and oxygen atoms in total. The van der Waals surface area contributed by atoms with E-state index in [1.165, 1.54) is 0 Å². The molecule has 2 aromatic rings. The van der Waals surface area contributed by atoms with E-state index in [1.54, 1.807) is 6.20 Å². The summed E-state index contributed by atoms with van der Waals surface area (Å²) >= 11 is 0. The maximum absolute atomic E-state index is 10.9. The van der Waals surface area contributed by atoms with Crippen LogP contribution in [0.2, 0.25) is 0 Å². The van der Waals surface area contributed by atoms with E-state index in [-0.39, 0.29) is 0 Å². The number of fused-ring (bicyclic) bond motifs is 1. The van der Waals surface area contributed by atoms with Crippen LogP contribution in [-0.4, -0.2) is 16.1 Å². The minimum absolute atomic E-state index is 0.348. The molecule has 1 aromatic heterocycles. The average Bonchev–Trinajstić information content (AvgIpc) is 2.55. The molecule has 0 bridgehead atoms. The topological polar surface area (TPSA) is 53.1 Å². The van der Waals surface area contributed by atoms with Crippen molar-refractivity contribution in [1.82, 2.24) is 4.98 Å². The summed E-state index contributed by atoms with van der Waals surface area (Å²) < 4.78 is 0. The number of aromatic carboxylic acids is 1. The van der Waals surface area contributed by atoms with Crippen molar-refractivity contribution in [3.05, 3.63) is 35.0 Å². The first-order chi connectivity index (χ1) is 6.61. The van der Waals surface area contributed by atoms with Gasteiger partial charge in [0, 0.05) is 17.1 Å². The molecule has 1 aromatic carbocycles. The fourth-order valence-electron chi connectivity index (χ4n) is 1.67. The first kappa shape index (κ1) is 8.81. The molecule has 0 fully saturated rings. The highest BCUT2D eigenvalue weighted by Crippen LogP contribution is 2.24. The molecule has 0 amide bonds. The number of H-pyrrole nitrogens is 1. The number of benzene rings is 1. The molecule has 0 aliphatic carbocycles. The van der Waals surface area contributed by atoms with Crippen molar-refractivity contribution in [3.63, 3.8) is 0 Å². The zero-order chi connectivity index (χ0) is 10.3. The highest BCUT2D eigenvalue weighted by molar-refractivity contribution is 6.04. The van der Waals surface area contributed by atoms with E-state index in [1.807, 2.05) is 26.0 Å². The van der Waals surface area contributed by atoms with Gasteiger partial charge < -0.3 is 10.1 Å². The van der Waals surface area contributed by atoms with Crippen LogP contribution in [-0.2, 0) is 0 Å². The summed E-state index contributed by atoms with van der Waals surface area (Å²) in [7, 11) is 0. The van der Waals surface area contributed by atoms with Crippen LogP contribution in [0.15, 0.2) is 18.3 Å². The van der Waals surface area contributed by atoms with Gasteiger partial charge in [-0.25, -0.2) is 4.79 Å². The molecular formula is C11H11NO2. The van der Waals surface area contributed by atoms with E-state index < -0.39 is 5.97 Å². The molecule has 0 aliphatic heterocycles. The van der Waals surface area contributed by atoms with Gasteiger partial charge in [-0.3, -0.25) is 0 Å². The van der Waals surface area contributed by atoms with Crippen molar-refractivity contribution in [3.8, 4) is 0 Å². The van der Waals surface area contributed by atoms with E-state index in [4.69, 9.17) is 5.11 Å². The third-order valence-electron chi connectivity index (χ3n) is 2.61.